The fourth-order valence-electron chi connectivity index (χ4n) is 7.69. The summed E-state index contributed by atoms with van der Waals surface area (Å²) < 4.78 is 32.9. The minimum Gasteiger partial charge on any atom is -0.462 e. The maximum atomic E-state index is 12.7. The molecule has 9 nitrogen and oxygen atoms in total. The van der Waals surface area contributed by atoms with E-state index in [-0.39, 0.29) is 38.6 Å². The molecule has 0 aliphatic rings. The molecule has 0 aromatic carbocycles. The summed E-state index contributed by atoms with van der Waals surface area (Å²) in [6, 6.07) is 0. The number of esters is 2. The van der Waals surface area contributed by atoms with E-state index in [1.807, 2.05) is 0 Å². The number of rotatable bonds is 53. The highest BCUT2D eigenvalue weighted by atomic mass is 31.2. The van der Waals surface area contributed by atoms with E-state index in [1.165, 1.54) is 109 Å². The van der Waals surface area contributed by atoms with E-state index in [4.69, 9.17) is 24.3 Å². The Morgan fingerprint density at radius 1 is 0.431 bits per heavy atom. The molecule has 0 aliphatic carbocycles. The number of ether oxygens (including phenoxy) is 2. The summed E-state index contributed by atoms with van der Waals surface area (Å²) in [5.41, 5.74) is 5.36. The van der Waals surface area contributed by atoms with Crippen LogP contribution in [-0.2, 0) is 32.7 Å². The standard InChI is InChI=1S/C62H106NO8P/c1-3-5-7-9-11-13-15-16-17-18-19-20-21-22-23-24-25-26-27-28-29-30-31-32-33-34-35-36-37-38-39-40-41-42-43-44-45-47-49-51-53-55-62(65)71-60(59-70-72(66,67)69-57-56-63)58-68-61(64)54-52-50-48-46-14-12-10-8-6-4-2/h5,7,11,13,16-17,19-20,22-23,25-26,28-29,31-32,34-35,60H,3-4,6,8-10,12,14-15,18,21,24,27,30,33,36-59,63H2,1-2H3,(H,66,67)/b7-5-,13-11-,17-16-,20-19-,23-22-,26-25-,29-28-,32-31-,35-34-. The van der Waals surface area contributed by atoms with Crippen molar-refractivity contribution in [2.24, 2.45) is 5.73 Å². The van der Waals surface area contributed by atoms with E-state index in [0.717, 1.165) is 96.3 Å². The highest BCUT2D eigenvalue weighted by Gasteiger charge is 2.26. The fourth-order valence-corrected chi connectivity index (χ4v) is 8.45. The first-order valence-electron chi connectivity index (χ1n) is 28.9. The summed E-state index contributed by atoms with van der Waals surface area (Å²) in [4.78, 5) is 35.0. The van der Waals surface area contributed by atoms with E-state index in [1.54, 1.807) is 0 Å². The van der Waals surface area contributed by atoms with Crippen molar-refractivity contribution in [1.29, 1.82) is 0 Å². The summed E-state index contributed by atoms with van der Waals surface area (Å²) in [6.07, 6.45) is 77.4. The van der Waals surface area contributed by atoms with Gasteiger partial charge in [-0.3, -0.25) is 18.6 Å². The van der Waals surface area contributed by atoms with Crippen LogP contribution < -0.4 is 5.73 Å². The van der Waals surface area contributed by atoms with E-state index in [9.17, 15) is 19.0 Å². The molecule has 412 valence electrons. The predicted octanol–water partition coefficient (Wildman–Crippen LogP) is 18.2. The van der Waals surface area contributed by atoms with E-state index in [0.29, 0.717) is 6.42 Å². The maximum absolute atomic E-state index is 12.7. The van der Waals surface area contributed by atoms with Gasteiger partial charge >= 0.3 is 19.8 Å². The number of hydrogen-bond acceptors (Lipinski definition) is 8. The molecule has 0 saturated carbocycles. The molecule has 0 fully saturated rings. The molecule has 10 heteroatoms. The summed E-state index contributed by atoms with van der Waals surface area (Å²) in [6.45, 7) is 3.60. The van der Waals surface area contributed by atoms with Gasteiger partial charge in [-0.15, -0.1) is 0 Å². The van der Waals surface area contributed by atoms with Crippen LogP contribution in [0.5, 0.6) is 0 Å². The van der Waals surface area contributed by atoms with Crippen LogP contribution in [0.2, 0.25) is 0 Å². The van der Waals surface area contributed by atoms with Gasteiger partial charge in [0.25, 0.3) is 0 Å². The van der Waals surface area contributed by atoms with Crippen molar-refractivity contribution in [2.45, 2.75) is 245 Å². The average Bonchev–Trinajstić information content (AvgIpc) is 3.37. The molecule has 3 N–H and O–H groups in total. The Balaban J connectivity index is 3.86. The Kier molecular flexibility index (Phi) is 54.3. The van der Waals surface area contributed by atoms with Gasteiger partial charge in [-0.2, -0.15) is 0 Å². The van der Waals surface area contributed by atoms with Gasteiger partial charge in [0.05, 0.1) is 13.2 Å². The molecule has 0 aromatic heterocycles. The number of nitrogens with two attached hydrogens (primary N) is 1. The van der Waals surface area contributed by atoms with Crippen molar-refractivity contribution in [2.75, 3.05) is 26.4 Å². The van der Waals surface area contributed by atoms with E-state index in [2.05, 4.69) is 123 Å². The van der Waals surface area contributed by atoms with Crippen molar-refractivity contribution in [3.05, 3.63) is 109 Å². The number of allylic oxidation sites excluding steroid dienone is 18. The molecule has 2 atom stereocenters. The molecule has 0 amide bonds. The SMILES string of the molecule is CC/C=C\C/C=C\C/C=C\C/C=C\C/C=C\C/C=C\C/C=C\C/C=C\C/C=C\CCCCCCCCCCCCCCCC(=O)OC(COC(=O)CCCCCCCCCCCC)COP(=O)(O)OCCN. The zero-order valence-electron chi connectivity index (χ0n) is 45.9. The van der Waals surface area contributed by atoms with Crippen LogP contribution >= 0.6 is 7.82 Å². The number of phosphoric ester groups is 1. The lowest BCUT2D eigenvalue weighted by atomic mass is 10.0. The molecular weight excluding hydrogens is 918 g/mol. The van der Waals surface area contributed by atoms with Crippen LogP contribution in [-0.4, -0.2) is 49.3 Å². The lowest BCUT2D eigenvalue weighted by Gasteiger charge is -2.19. The molecule has 0 bridgehead atoms. The molecule has 0 saturated heterocycles. The monoisotopic (exact) mass is 1020 g/mol. The third-order valence-corrected chi connectivity index (χ3v) is 12.9. The van der Waals surface area contributed by atoms with Gasteiger partial charge in [-0.25, -0.2) is 4.57 Å². The van der Waals surface area contributed by atoms with Gasteiger partial charge in [0.1, 0.15) is 6.61 Å². The van der Waals surface area contributed by atoms with Gasteiger partial charge in [0.2, 0.25) is 0 Å². The fraction of sp³-hybridized carbons (Fsp3) is 0.677. The van der Waals surface area contributed by atoms with Crippen LogP contribution in [0.3, 0.4) is 0 Å². The molecule has 0 heterocycles. The zero-order chi connectivity index (χ0) is 52.4. The van der Waals surface area contributed by atoms with Crippen LogP contribution in [0.1, 0.15) is 239 Å². The summed E-state index contributed by atoms with van der Waals surface area (Å²) >= 11 is 0. The highest BCUT2D eigenvalue weighted by molar-refractivity contribution is 7.47. The van der Waals surface area contributed by atoms with Crippen LogP contribution in [0.15, 0.2) is 109 Å². The van der Waals surface area contributed by atoms with Crippen molar-refractivity contribution in [3.63, 3.8) is 0 Å². The van der Waals surface area contributed by atoms with Gasteiger partial charge in [0.15, 0.2) is 6.10 Å². The van der Waals surface area contributed by atoms with Crippen molar-refractivity contribution >= 4 is 19.8 Å². The molecule has 0 spiro atoms. The lowest BCUT2D eigenvalue weighted by molar-refractivity contribution is -0.161. The summed E-state index contributed by atoms with van der Waals surface area (Å²) in [5.74, 6) is -0.831. The minimum absolute atomic E-state index is 0.0509. The Bertz CT molecular complexity index is 1540. The van der Waals surface area contributed by atoms with E-state index < -0.39 is 26.5 Å². The average molecular weight is 1020 g/mol. The molecule has 0 radical (unpaired) electrons. The van der Waals surface area contributed by atoms with Crippen LogP contribution in [0.4, 0.5) is 0 Å². The van der Waals surface area contributed by atoms with Crippen LogP contribution in [0.25, 0.3) is 0 Å². The highest BCUT2D eigenvalue weighted by Crippen LogP contribution is 2.43. The van der Waals surface area contributed by atoms with Crippen molar-refractivity contribution in [3.8, 4) is 0 Å². The topological polar surface area (TPSA) is 134 Å². The van der Waals surface area contributed by atoms with Crippen LogP contribution in [0, 0.1) is 0 Å². The Hall–Kier alpha value is -3.33. The smallest absolute Gasteiger partial charge is 0.462 e. The Morgan fingerprint density at radius 3 is 1.14 bits per heavy atom. The Labute approximate surface area is 441 Å². The number of phosphoric acid groups is 1. The van der Waals surface area contributed by atoms with Crippen molar-refractivity contribution in [1.82, 2.24) is 0 Å². The third kappa shape index (κ3) is 56.0. The van der Waals surface area contributed by atoms with Gasteiger partial charge in [0, 0.05) is 19.4 Å². The second-order valence-corrected chi connectivity index (χ2v) is 20.2. The first-order chi connectivity index (χ1) is 35.3. The number of carbonyl (C=O) groups is 2. The maximum Gasteiger partial charge on any atom is 0.472 e. The third-order valence-electron chi connectivity index (χ3n) is 11.9. The normalized spacial score (nSPS) is 13.9. The molecular formula is C62H106NO8P. The van der Waals surface area contributed by atoms with E-state index >= 15 is 0 Å². The van der Waals surface area contributed by atoms with Gasteiger partial charge < -0.3 is 20.1 Å². The number of unbranched alkanes of at least 4 members (excludes halogenated alkanes) is 22. The largest absolute Gasteiger partial charge is 0.472 e. The summed E-state index contributed by atoms with van der Waals surface area (Å²) in [5, 5.41) is 0. The van der Waals surface area contributed by atoms with Crippen molar-refractivity contribution < 1.29 is 37.6 Å². The van der Waals surface area contributed by atoms with Gasteiger partial charge in [-0.1, -0.05) is 252 Å². The second kappa shape index (κ2) is 57.0. The second-order valence-electron chi connectivity index (χ2n) is 18.8. The molecule has 2 unspecified atom stereocenters. The molecule has 72 heavy (non-hydrogen) atoms. The summed E-state index contributed by atoms with van der Waals surface area (Å²) in [7, 11) is -4.38. The predicted molar refractivity (Wildman–Crippen MR) is 307 cm³/mol. The number of hydrogen-bond donors (Lipinski definition) is 2. The first kappa shape index (κ1) is 68.7. The van der Waals surface area contributed by atoms with Gasteiger partial charge in [-0.05, 0) is 83.5 Å². The number of carbonyl (C=O) groups excluding carboxylic acids is 2. The minimum atomic E-state index is -4.38. The molecule has 0 aliphatic heterocycles. The zero-order valence-corrected chi connectivity index (χ0v) is 46.8. The quantitative estimate of drug-likeness (QED) is 0.0264. The Morgan fingerprint density at radius 2 is 0.764 bits per heavy atom. The first-order valence-corrected chi connectivity index (χ1v) is 30.4. The molecule has 0 aromatic rings. The molecule has 0 rings (SSSR count). The lowest BCUT2D eigenvalue weighted by Crippen LogP contribution is -2.29.